The molecule has 4 nitrogen and oxygen atoms in total. The van der Waals surface area contributed by atoms with Gasteiger partial charge in [0.05, 0.1) is 12.8 Å². The van der Waals surface area contributed by atoms with Crippen LogP contribution in [0.25, 0.3) is 0 Å². The van der Waals surface area contributed by atoms with Gasteiger partial charge in [0.25, 0.3) is 0 Å². The van der Waals surface area contributed by atoms with E-state index in [1.54, 1.807) is 6.26 Å². The summed E-state index contributed by atoms with van der Waals surface area (Å²) in [5.41, 5.74) is 0.632. The minimum absolute atomic E-state index is 0.192. The largest absolute Gasteiger partial charge is 0.468 e. The van der Waals surface area contributed by atoms with E-state index in [-0.39, 0.29) is 11.8 Å². The molecule has 2 heterocycles. The summed E-state index contributed by atoms with van der Waals surface area (Å²) in [6, 6.07) is 3.96. The maximum absolute atomic E-state index is 12.6. The Morgan fingerprint density at radius 1 is 1.28 bits per heavy atom. The Morgan fingerprint density at radius 2 is 2.12 bits per heavy atom. The average molecular weight is 340 g/mol. The quantitative estimate of drug-likeness (QED) is 0.837. The van der Waals surface area contributed by atoms with Crippen LogP contribution in [0.5, 0.6) is 0 Å². The molecular weight excluding hydrogens is 312 g/mol. The summed E-state index contributed by atoms with van der Waals surface area (Å²) in [4.78, 5) is 15.0. The molecule has 1 N–H and O–H groups in total. The number of furan rings is 1. The summed E-state index contributed by atoms with van der Waals surface area (Å²) in [6.45, 7) is 3.72. The van der Waals surface area contributed by atoms with Gasteiger partial charge in [0.2, 0.25) is 5.91 Å². The predicted octanol–water partition coefficient (Wildman–Crippen LogP) is 3.21. The first-order valence-corrected chi connectivity index (χ1v) is 9.95. The van der Waals surface area contributed by atoms with Gasteiger partial charge < -0.3 is 9.73 Å². The van der Waals surface area contributed by atoms with Gasteiger partial charge in [-0.3, -0.25) is 9.69 Å². The normalized spacial score (nSPS) is 33.2. The van der Waals surface area contributed by atoms with E-state index in [0.29, 0.717) is 11.3 Å². The molecule has 0 aromatic carbocycles. The molecule has 5 rings (SSSR count). The van der Waals surface area contributed by atoms with E-state index in [1.165, 1.54) is 19.3 Å². The molecule has 25 heavy (non-hydrogen) atoms. The number of allylic oxidation sites excluding steroid dienone is 2. The summed E-state index contributed by atoms with van der Waals surface area (Å²) in [5.74, 6) is 3.73. The molecule has 1 aliphatic heterocycles. The maximum Gasteiger partial charge on any atom is 0.223 e. The average Bonchev–Trinajstić information content (AvgIpc) is 3.00. The molecular formula is C21H28N2O2. The minimum atomic E-state index is 0.192. The fraction of sp³-hybridized carbons (Fsp3) is 0.667. The van der Waals surface area contributed by atoms with Crippen LogP contribution in [0.3, 0.4) is 0 Å². The van der Waals surface area contributed by atoms with Crippen molar-refractivity contribution >= 4 is 5.91 Å². The Hall–Kier alpha value is -1.55. The zero-order chi connectivity index (χ0) is 16.9. The number of nitrogens with one attached hydrogen (secondary N) is 1. The number of hydrogen-bond acceptors (Lipinski definition) is 3. The fourth-order valence-corrected chi connectivity index (χ4v) is 5.71. The zero-order valence-electron chi connectivity index (χ0n) is 14.8. The molecule has 1 aromatic rings. The lowest BCUT2D eigenvalue weighted by Gasteiger charge is -2.31. The third-order valence-corrected chi connectivity index (χ3v) is 7.30. The van der Waals surface area contributed by atoms with E-state index in [0.717, 1.165) is 56.6 Å². The van der Waals surface area contributed by atoms with Crippen LogP contribution in [0.1, 0.15) is 37.9 Å². The standard InChI is InChI=1S/C21H28N2O2/c24-20(15-5-9-23(10-6-15)14-18-2-1-11-25-18)22-13-16-12-17-3-4-19(16)21(17)7-8-21/h1-4,11,15-17,19H,5-10,12-14H2,(H,22,24)/t16-,17-,19+/m0/s1. The van der Waals surface area contributed by atoms with Crippen LogP contribution in [0.2, 0.25) is 0 Å². The molecule has 1 amide bonds. The topological polar surface area (TPSA) is 45.5 Å². The van der Waals surface area contributed by atoms with Crippen molar-refractivity contribution in [2.24, 2.45) is 29.1 Å². The first-order valence-electron chi connectivity index (χ1n) is 9.95. The molecule has 134 valence electrons. The molecule has 3 atom stereocenters. The van der Waals surface area contributed by atoms with Gasteiger partial charge in [-0.05, 0) is 80.5 Å². The number of piperidine rings is 1. The van der Waals surface area contributed by atoms with Crippen molar-refractivity contribution < 1.29 is 9.21 Å². The van der Waals surface area contributed by atoms with Crippen molar-refractivity contribution in [1.29, 1.82) is 0 Å². The Balaban J connectivity index is 1.08. The number of carbonyl (C=O) groups excluding carboxylic acids is 1. The van der Waals surface area contributed by atoms with Crippen molar-refractivity contribution in [1.82, 2.24) is 10.2 Å². The van der Waals surface area contributed by atoms with Crippen LogP contribution in [0.4, 0.5) is 0 Å². The predicted molar refractivity (Wildman–Crippen MR) is 95.6 cm³/mol. The van der Waals surface area contributed by atoms with Gasteiger partial charge in [0, 0.05) is 12.5 Å². The highest BCUT2D eigenvalue weighted by atomic mass is 16.3. The molecule has 4 aliphatic rings. The van der Waals surface area contributed by atoms with E-state index in [4.69, 9.17) is 4.42 Å². The van der Waals surface area contributed by atoms with Gasteiger partial charge in [-0.2, -0.15) is 0 Å². The summed E-state index contributed by atoms with van der Waals surface area (Å²) in [6.07, 6.45) is 12.7. The smallest absolute Gasteiger partial charge is 0.223 e. The Kier molecular flexibility index (Phi) is 3.77. The fourth-order valence-electron chi connectivity index (χ4n) is 5.71. The van der Waals surface area contributed by atoms with E-state index < -0.39 is 0 Å². The molecule has 2 bridgehead atoms. The van der Waals surface area contributed by atoms with Crippen LogP contribution in [-0.2, 0) is 11.3 Å². The minimum Gasteiger partial charge on any atom is -0.468 e. The van der Waals surface area contributed by atoms with Crippen LogP contribution in [-0.4, -0.2) is 30.4 Å². The Labute approximate surface area is 149 Å². The number of nitrogens with zero attached hydrogens (tertiary/aromatic N) is 1. The number of rotatable bonds is 5. The Morgan fingerprint density at radius 3 is 2.80 bits per heavy atom. The number of amides is 1. The van der Waals surface area contributed by atoms with Crippen LogP contribution >= 0.6 is 0 Å². The molecule has 1 spiro atoms. The third-order valence-electron chi connectivity index (χ3n) is 7.30. The van der Waals surface area contributed by atoms with Crippen LogP contribution in [0, 0.1) is 29.1 Å². The lowest BCUT2D eigenvalue weighted by Crippen LogP contribution is -2.41. The Bertz CT molecular complexity index is 653. The SMILES string of the molecule is O=C(NC[C@@H]1C[C@@H]2C=C[C@H]1C21CC1)C1CCN(Cc2ccco2)CC1. The second-order valence-electron chi connectivity index (χ2n) is 8.62. The van der Waals surface area contributed by atoms with E-state index in [9.17, 15) is 4.79 Å². The summed E-state index contributed by atoms with van der Waals surface area (Å²) in [5, 5.41) is 3.30. The van der Waals surface area contributed by atoms with Gasteiger partial charge in [-0.1, -0.05) is 12.2 Å². The first-order chi connectivity index (χ1) is 12.2. The van der Waals surface area contributed by atoms with E-state index in [2.05, 4.69) is 22.4 Å². The number of carbonyl (C=O) groups is 1. The van der Waals surface area contributed by atoms with E-state index >= 15 is 0 Å². The zero-order valence-corrected chi connectivity index (χ0v) is 14.8. The van der Waals surface area contributed by atoms with Crippen molar-refractivity contribution in [3.05, 3.63) is 36.3 Å². The molecule has 0 unspecified atom stereocenters. The molecule has 3 aliphatic carbocycles. The van der Waals surface area contributed by atoms with Crippen LogP contribution in [0.15, 0.2) is 35.0 Å². The summed E-state index contributed by atoms with van der Waals surface area (Å²) in [7, 11) is 0. The second-order valence-corrected chi connectivity index (χ2v) is 8.62. The third kappa shape index (κ3) is 2.75. The summed E-state index contributed by atoms with van der Waals surface area (Å²) >= 11 is 0. The molecule has 2 saturated carbocycles. The molecule has 1 saturated heterocycles. The van der Waals surface area contributed by atoms with Crippen molar-refractivity contribution in [3.8, 4) is 0 Å². The molecule has 1 aromatic heterocycles. The van der Waals surface area contributed by atoms with Gasteiger partial charge in [0.15, 0.2) is 0 Å². The monoisotopic (exact) mass is 340 g/mol. The van der Waals surface area contributed by atoms with Crippen molar-refractivity contribution in [3.63, 3.8) is 0 Å². The highest BCUT2D eigenvalue weighted by molar-refractivity contribution is 5.78. The summed E-state index contributed by atoms with van der Waals surface area (Å²) < 4.78 is 5.43. The van der Waals surface area contributed by atoms with Crippen molar-refractivity contribution in [2.75, 3.05) is 19.6 Å². The molecule has 0 radical (unpaired) electrons. The number of hydrogen-bond donors (Lipinski definition) is 1. The van der Waals surface area contributed by atoms with Crippen molar-refractivity contribution in [2.45, 2.75) is 38.6 Å². The van der Waals surface area contributed by atoms with Gasteiger partial charge >= 0.3 is 0 Å². The van der Waals surface area contributed by atoms with Gasteiger partial charge in [-0.25, -0.2) is 0 Å². The van der Waals surface area contributed by atoms with Crippen LogP contribution < -0.4 is 5.32 Å². The molecule has 4 heteroatoms. The first kappa shape index (κ1) is 15.7. The lowest BCUT2D eigenvalue weighted by molar-refractivity contribution is -0.126. The molecule has 3 fully saturated rings. The highest BCUT2D eigenvalue weighted by Gasteiger charge is 2.62. The van der Waals surface area contributed by atoms with Gasteiger partial charge in [-0.15, -0.1) is 0 Å². The van der Waals surface area contributed by atoms with Gasteiger partial charge in [0.1, 0.15) is 5.76 Å². The van der Waals surface area contributed by atoms with E-state index in [1.807, 2.05) is 12.1 Å². The second kappa shape index (κ2) is 6.01. The maximum atomic E-state index is 12.6. The lowest BCUT2D eigenvalue weighted by atomic mass is 9.88. The number of likely N-dealkylation sites (tertiary alicyclic amines) is 1. The highest BCUT2D eigenvalue weighted by Crippen LogP contribution is 2.69.